The third-order valence-electron chi connectivity index (χ3n) is 0.968. The van der Waals surface area contributed by atoms with E-state index in [0.29, 0.717) is 0 Å². The number of benzene rings is 1. The summed E-state index contributed by atoms with van der Waals surface area (Å²) in [6.45, 7) is 0. The highest BCUT2D eigenvalue weighted by Crippen LogP contribution is 2.15. The minimum Gasteiger partial charge on any atom is -0.396 e. The lowest BCUT2D eigenvalue weighted by molar-refractivity contribution is 1.04. The molecule has 0 atom stereocenters. The maximum absolute atomic E-state index is 4.74. The van der Waals surface area contributed by atoms with Crippen LogP contribution in [-0.2, 0) is 0 Å². The molecule has 0 radical (unpaired) electrons. The Kier molecular flexibility index (Phi) is 2.25. The highest BCUT2D eigenvalue weighted by atomic mass is 15.5. The van der Waals surface area contributed by atoms with Gasteiger partial charge in [-0.3, -0.25) is 10.4 Å². The van der Waals surface area contributed by atoms with Crippen LogP contribution in [0.2, 0.25) is 0 Å². The lowest BCUT2D eigenvalue weighted by Crippen LogP contribution is -1.72. The van der Waals surface area contributed by atoms with E-state index in [0.717, 1.165) is 5.69 Å². The van der Waals surface area contributed by atoms with Crippen LogP contribution >= 0.6 is 0 Å². The number of hydrogen-bond donors (Lipinski definition) is 1. The van der Waals surface area contributed by atoms with E-state index in [9.17, 15) is 0 Å². The summed E-state index contributed by atoms with van der Waals surface area (Å²) in [5.41, 5.74) is 4.40. The minimum atomic E-state index is 0.747. The Hall–Kier alpha value is -1.58. The Bertz CT molecular complexity index is 206. The molecular weight excluding hydrogens is 128 g/mol. The van der Waals surface area contributed by atoms with Crippen molar-refractivity contribution in [2.24, 2.45) is 16.3 Å². The van der Waals surface area contributed by atoms with Gasteiger partial charge < -0.3 is 11.3 Å². The Labute approximate surface area is 58.7 Å². The normalized spacial score (nSPS) is 10.0. The van der Waals surface area contributed by atoms with Crippen LogP contribution in [0.5, 0.6) is 0 Å². The van der Waals surface area contributed by atoms with Crippen molar-refractivity contribution in [3.63, 3.8) is 0 Å². The SMILES string of the molecule is N/N=N/[N-]c1ccccc1. The van der Waals surface area contributed by atoms with Crippen molar-refractivity contribution in [3.8, 4) is 0 Å². The van der Waals surface area contributed by atoms with Crippen molar-refractivity contribution in [2.45, 2.75) is 0 Å². The fraction of sp³-hybridized carbons (Fsp3) is 0. The first kappa shape index (κ1) is 6.54. The summed E-state index contributed by atoms with van der Waals surface area (Å²) in [6.07, 6.45) is 0. The highest BCUT2D eigenvalue weighted by molar-refractivity contribution is 5.45. The summed E-state index contributed by atoms with van der Waals surface area (Å²) in [5.74, 6) is 4.74. The van der Waals surface area contributed by atoms with Crippen LogP contribution < -0.4 is 5.84 Å². The molecule has 52 valence electrons. The largest absolute Gasteiger partial charge is 0.396 e. The van der Waals surface area contributed by atoms with E-state index < -0.39 is 0 Å². The Morgan fingerprint density at radius 1 is 1.20 bits per heavy atom. The van der Waals surface area contributed by atoms with Crippen LogP contribution in [0.4, 0.5) is 5.69 Å². The lowest BCUT2D eigenvalue weighted by atomic mass is 10.3. The van der Waals surface area contributed by atoms with Gasteiger partial charge in [0.2, 0.25) is 0 Å². The molecule has 0 unspecified atom stereocenters. The zero-order valence-corrected chi connectivity index (χ0v) is 5.31. The maximum Gasteiger partial charge on any atom is -0.0253 e. The molecule has 0 amide bonds. The fourth-order valence-corrected chi connectivity index (χ4v) is 0.572. The van der Waals surface area contributed by atoms with Crippen LogP contribution in [0.1, 0.15) is 0 Å². The van der Waals surface area contributed by atoms with E-state index in [2.05, 4.69) is 15.9 Å². The lowest BCUT2D eigenvalue weighted by Gasteiger charge is -2.03. The molecule has 0 fully saturated rings. The van der Waals surface area contributed by atoms with E-state index >= 15 is 0 Å². The van der Waals surface area contributed by atoms with Gasteiger partial charge in [0.05, 0.1) is 0 Å². The van der Waals surface area contributed by atoms with Gasteiger partial charge in [0.15, 0.2) is 0 Å². The number of nitrogens with zero attached hydrogens (tertiary/aromatic N) is 3. The molecular formula is C6H7N4-. The summed E-state index contributed by atoms with van der Waals surface area (Å²) >= 11 is 0. The van der Waals surface area contributed by atoms with Gasteiger partial charge in [-0.2, -0.15) is 0 Å². The standard InChI is InChI=1S/C6H7N4/c7-9-10-8-6-4-2-1-3-5-6/h1-5H,(H2-,7,8,9,10)/q-1. The van der Waals surface area contributed by atoms with Crippen molar-refractivity contribution in [2.75, 3.05) is 0 Å². The molecule has 4 heteroatoms. The van der Waals surface area contributed by atoms with Gasteiger partial charge >= 0.3 is 0 Å². The van der Waals surface area contributed by atoms with E-state index in [4.69, 9.17) is 5.84 Å². The van der Waals surface area contributed by atoms with E-state index in [-0.39, 0.29) is 0 Å². The van der Waals surface area contributed by atoms with Gasteiger partial charge in [-0.15, -0.1) is 0 Å². The first-order valence-electron chi connectivity index (χ1n) is 2.79. The Morgan fingerprint density at radius 2 is 1.90 bits per heavy atom. The second-order valence-corrected chi connectivity index (χ2v) is 1.64. The molecule has 1 aromatic carbocycles. The zero-order chi connectivity index (χ0) is 7.23. The second-order valence-electron chi connectivity index (χ2n) is 1.64. The van der Waals surface area contributed by atoms with Crippen LogP contribution in [0.15, 0.2) is 40.8 Å². The second kappa shape index (κ2) is 3.45. The zero-order valence-electron chi connectivity index (χ0n) is 5.31. The van der Waals surface area contributed by atoms with Crippen molar-refractivity contribution in [1.82, 2.24) is 0 Å². The summed E-state index contributed by atoms with van der Waals surface area (Å²) in [6, 6.07) is 9.26. The predicted molar refractivity (Wildman–Crippen MR) is 38.5 cm³/mol. The molecule has 0 aliphatic rings. The van der Waals surface area contributed by atoms with Crippen molar-refractivity contribution < 1.29 is 0 Å². The molecule has 4 nitrogen and oxygen atoms in total. The molecule has 0 bridgehead atoms. The van der Waals surface area contributed by atoms with Crippen molar-refractivity contribution >= 4 is 5.69 Å². The van der Waals surface area contributed by atoms with E-state index in [1.165, 1.54) is 0 Å². The average Bonchev–Trinajstić information content (AvgIpc) is 2.03. The molecule has 1 aromatic rings. The van der Waals surface area contributed by atoms with Gasteiger partial charge in [0.25, 0.3) is 0 Å². The molecule has 0 heterocycles. The minimum absolute atomic E-state index is 0.747. The predicted octanol–water partition coefficient (Wildman–Crippen LogP) is 1.93. The number of hydrogen-bond acceptors (Lipinski definition) is 2. The van der Waals surface area contributed by atoms with Crippen molar-refractivity contribution in [3.05, 3.63) is 35.8 Å². The van der Waals surface area contributed by atoms with Crippen LogP contribution in [0, 0.1) is 0 Å². The average molecular weight is 135 g/mol. The molecule has 2 N–H and O–H groups in total. The monoisotopic (exact) mass is 135 g/mol. The van der Waals surface area contributed by atoms with E-state index in [1.54, 1.807) is 0 Å². The van der Waals surface area contributed by atoms with Crippen LogP contribution in [-0.4, -0.2) is 0 Å². The summed E-state index contributed by atoms with van der Waals surface area (Å²) in [4.78, 5) is 0. The summed E-state index contributed by atoms with van der Waals surface area (Å²) in [7, 11) is 0. The maximum atomic E-state index is 4.74. The Balaban J connectivity index is 2.59. The first-order valence-corrected chi connectivity index (χ1v) is 2.79. The first-order chi connectivity index (χ1) is 4.93. The third-order valence-corrected chi connectivity index (χ3v) is 0.968. The molecule has 0 aromatic heterocycles. The van der Waals surface area contributed by atoms with Crippen molar-refractivity contribution in [1.29, 1.82) is 0 Å². The smallest absolute Gasteiger partial charge is 0.0253 e. The highest BCUT2D eigenvalue weighted by Gasteiger charge is 1.76. The number of rotatable bonds is 2. The fourth-order valence-electron chi connectivity index (χ4n) is 0.572. The van der Waals surface area contributed by atoms with Crippen LogP contribution in [0.25, 0.3) is 5.43 Å². The van der Waals surface area contributed by atoms with Crippen LogP contribution in [0.3, 0.4) is 0 Å². The van der Waals surface area contributed by atoms with Gasteiger partial charge in [-0.05, 0) is 5.69 Å². The number of nitrogens with two attached hydrogens (primary N) is 1. The topological polar surface area (TPSA) is 64.8 Å². The molecule has 0 aliphatic heterocycles. The Morgan fingerprint density at radius 3 is 2.50 bits per heavy atom. The molecule has 1 rings (SSSR count). The molecule has 0 saturated carbocycles. The molecule has 0 spiro atoms. The quantitative estimate of drug-likeness (QED) is 0.376. The van der Waals surface area contributed by atoms with Gasteiger partial charge in [0.1, 0.15) is 0 Å². The molecule has 10 heavy (non-hydrogen) atoms. The molecule has 0 saturated heterocycles. The molecule has 0 aliphatic carbocycles. The van der Waals surface area contributed by atoms with Gasteiger partial charge in [-0.1, -0.05) is 30.3 Å². The summed E-state index contributed by atoms with van der Waals surface area (Å²) in [5, 5.41) is 6.26. The van der Waals surface area contributed by atoms with E-state index in [1.807, 2.05) is 30.3 Å². The van der Waals surface area contributed by atoms with Gasteiger partial charge in [0, 0.05) is 0 Å². The third kappa shape index (κ3) is 1.74. The summed E-state index contributed by atoms with van der Waals surface area (Å²) < 4.78 is 0. The van der Waals surface area contributed by atoms with Gasteiger partial charge in [-0.25, -0.2) is 0 Å².